The molecule has 0 saturated carbocycles. The van der Waals surface area contributed by atoms with Gasteiger partial charge in [0.05, 0.1) is 12.0 Å². The van der Waals surface area contributed by atoms with Gasteiger partial charge in [-0.05, 0) is 5.92 Å². The molecule has 0 amide bonds. The van der Waals surface area contributed by atoms with Gasteiger partial charge in [0, 0.05) is 18.2 Å². The normalized spacial score (nSPS) is 12.5. The van der Waals surface area contributed by atoms with Crippen molar-refractivity contribution < 1.29 is 0 Å². The average Bonchev–Trinajstić information content (AvgIpc) is 2.28. The topological polar surface area (TPSA) is 17.8 Å². The van der Waals surface area contributed by atoms with Crippen molar-refractivity contribution in [2.24, 2.45) is 7.05 Å². The van der Waals surface area contributed by atoms with E-state index in [0.29, 0.717) is 5.92 Å². The monoisotopic (exact) mass is 180 g/mol. The summed E-state index contributed by atoms with van der Waals surface area (Å²) in [5, 5.41) is 0. The van der Waals surface area contributed by atoms with Gasteiger partial charge in [0.2, 0.25) is 0 Å². The van der Waals surface area contributed by atoms with Crippen LogP contribution in [0.5, 0.6) is 0 Å². The molecule has 2 nitrogen and oxygen atoms in total. The van der Waals surface area contributed by atoms with Gasteiger partial charge in [-0.2, -0.15) is 0 Å². The molecule has 0 aliphatic heterocycles. The third-order valence-corrected chi connectivity index (χ3v) is 2.24. The third-order valence-electron chi connectivity index (χ3n) is 2.24. The van der Waals surface area contributed by atoms with Crippen molar-refractivity contribution in [3.63, 3.8) is 0 Å². The van der Waals surface area contributed by atoms with Crippen LogP contribution >= 0.6 is 0 Å². The average molecular weight is 180 g/mol. The first-order valence-corrected chi connectivity index (χ1v) is 4.85. The zero-order chi connectivity index (χ0) is 10.2. The minimum Gasteiger partial charge on any atom is -0.337 e. The van der Waals surface area contributed by atoms with Crippen LogP contribution in [0.2, 0.25) is 0 Å². The Labute approximate surface area is 81.0 Å². The van der Waals surface area contributed by atoms with Gasteiger partial charge in [0.1, 0.15) is 0 Å². The molecule has 0 radical (unpaired) electrons. The Balaban J connectivity index is 3.23. The van der Waals surface area contributed by atoms with Gasteiger partial charge in [-0.3, -0.25) is 0 Å². The van der Waals surface area contributed by atoms with Crippen molar-refractivity contribution in [2.45, 2.75) is 46.0 Å². The second-order valence-electron chi connectivity index (χ2n) is 4.99. The summed E-state index contributed by atoms with van der Waals surface area (Å²) < 4.78 is 2.13. The molecule has 0 aromatic carbocycles. The number of rotatable bonds is 1. The molecule has 1 aromatic rings. The van der Waals surface area contributed by atoms with E-state index in [2.05, 4.69) is 51.2 Å². The molecule has 0 unspecified atom stereocenters. The van der Waals surface area contributed by atoms with Crippen molar-refractivity contribution in [2.75, 3.05) is 0 Å². The quantitative estimate of drug-likeness (QED) is 0.650. The minimum atomic E-state index is 0.154. The Morgan fingerprint density at radius 2 is 1.85 bits per heavy atom. The summed E-state index contributed by atoms with van der Waals surface area (Å²) in [6, 6.07) is 0. The lowest BCUT2D eigenvalue weighted by molar-refractivity contribution is 0.554. The number of aryl methyl sites for hydroxylation is 1. The highest BCUT2D eigenvalue weighted by Gasteiger charge is 2.23. The van der Waals surface area contributed by atoms with Crippen molar-refractivity contribution in [1.29, 1.82) is 0 Å². The van der Waals surface area contributed by atoms with E-state index < -0.39 is 0 Å². The number of hydrogen-bond donors (Lipinski definition) is 0. The summed E-state index contributed by atoms with van der Waals surface area (Å²) in [6.07, 6.45) is 1.91. The summed E-state index contributed by atoms with van der Waals surface area (Å²) in [7, 11) is 2.07. The Kier molecular flexibility index (Phi) is 2.51. The van der Waals surface area contributed by atoms with E-state index in [1.165, 1.54) is 11.4 Å². The minimum absolute atomic E-state index is 0.154. The first kappa shape index (κ1) is 10.3. The van der Waals surface area contributed by atoms with Gasteiger partial charge in [0.25, 0.3) is 0 Å². The van der Waals surface area contributed by atoms with Crippen LogP contribution in [0.3, 0.4) is 0 Å². The third kappa shape index (κ3) is 1.93. The van der Waals surface area contributed by atoms with Crippen LogP contribution in [0.25, 0.3) is 0 Å². The van der Waals surface area contributed by atoms with Gasteiger partial charge in [-0.1, -0.05) is 34.6 Å². The van der Waals surface area contributed by atoms with E-state index in [0.717, 1.165) is 0 Å². The first-order valence-electron chi connectivity index (χ1n) is 4.85. The molecular formula is C11H20N2. The highest BCUT2D eigenvalue weighted by Crippen LogP contribution is 2.28. The molecule has 13 heavy (non-hydrogen) atoms. The molecule has 0 aliphatic carbocycles. The molecule has 0 atom stereocenters. The van der Waals surface area contributed by atoms with Gasteiger partial charge >= 0.3 is 0 Å². The summed E-state index contributed by atoms with van der Waals surface area (Å²) in [6.45, 7) is 11.1. The lowest BCUT2D eigenvalue weighted by atomic mass is 9.88. The van der Waals surface area contributed by atoms with E-state index in [-0.39, 0.29) is 5.41 Å². The summed E-state index contributed by atoms with van der Waals surface area (Å²) in [5.74, 6) is 0.543. The van der Waals surface area contributed by atoms with E-state index in [1.54, 1.807) is 0 Å². The molecule has 0 spiro atoms. The maximum absolute atomic E-state index is 4.47. The molecule has 0 fully saturated rings. The number of imidazole rings is 1. The number of aromatic nitrogens is 2. The maximum atomic E-state index is 4.47. The maximum Gasteiger partial charge on any atom is 0.0949 e. The SMILES string of the molecule is CC(C)c1c(C(C)(C)C)ncn1C. The van der Waals surface area contributed by atoms with Crippen LogP contribution in [0, 0.1) is 0 Å². The van der Waals surface area contributed by atoms with Crippen molar-refractivity contribution in [3.8, 4) is 0 Å². The fourth-order valence-electron chi connectivity index (χ4n) is 1.70. The molecule has 1 aromatic heterocycles. The molecular weight excluding hydrogens is 160 g/mol. The predicted molar refractivity (Wildman–Crippen MR) is 56.0 cm³/mol. The fraction of sp³-hybridized carbons (Fsp3) is 0.727. The molecule has 0 bridgehead atoms. The Hall–Kier alpha value is -0.790. The lowest BCUT2D eigenvalue weighted by Crippen LogP contribution is -2.16. The fourth-order valence-corrected chi connectivity index (χ4v) is 1.70. The molecule has 0 saturated heterocycles. The van der Waals surface area contributed by atoms with Crippen LogP contribution in [0.15, 0.2) is 6.33 Å². The Bertz CT molecular complexity index is 290. The second-order valence-corrected chi connectivity index (χ2v) is 4.99. The van der Waals surface area contributed by atoms with Crippen LogP contribution in [0.1, 0.15) is 51.9 Å². The molecule has 1 rings (SSSR count). The van der Waals surface area contributed by atoms with Crippen LogP contribution in [-0.4, -0.2) is 9.55 Å². The van der Waals surface area contributed by atoms with Gasteiger partial charge < -0.3 is 4.57 Å². The van der Waals surface area contributed by atoms with Crippen molar-refractivity contribution >= 4 is 0 Å². The molecule has 0 N–H and O–H groups in total. The van der Waals surface area contributed by atoms with Crippen LogP contribution < -0.4 is 0 Å². The smallest absolute Gasteiger partial charge is 0.0949 e. The molecule has 74 valence electrons. The highest BCUT2D eigenvalue weighted by molar-refractivity contribution is 5.23. The second kappa shape index (κ2) is 3.17. The van der Waals surface area contributed by atoms with Gasteiger partial charge in [0.15, 0.2) is 0 Å². The Morgan fingerprint density at radius 1 is 1.31 bits per heavy atom. The van der Waals surface area contributed by atoms with E-state index in [1.807, 2.05) is 6.33 Å². The molecule has 1 heterocycles. The Morgan fingerprint density at radius 3 is 2.15 bits per heavy atom. The zero-order valence-electron chi connectivity index (χ0n) is 9.55. The lowest BCUT2D eigenvalue weighted by Gasteiger charge is -2.20. The summed E-state index contributed by atoms with van der Waals surface area (Å²) >= 11 is 0. The van der Waals surface area contributed by atoms with E-state index >= 15 is 0 Å². The highest BCUT2D eigenvalue weighted by atomic mass is 15.0. The van der Waals surface area contributed by atoms with E-state index in [4.69, 9.17) is 0 Å². The number of hydrogen-bond acceptors (Lipinski definition) is 1. The predicted octanol–water partition coefficient (Wildman–Crippen LogP) is 2.84. The standard InChI is InChI=1S/C11H20N2/c1-8(2)9-10(11(3,4)5)12-7-13(9)6/h7-8H,1-6H3. The van der Waals surface area contributed by atoms with E-state index in [9.17, 15) is 0 Å². The summed E-state index contributed by atoms with van der Waals surface area (Å²) in [5.41, 5.74) is 2.73. The first-order chi connectivity index (χ1) is 5.84. The number of nitrogens with zero attached hydrogens (tertiary/aromatic N) is 2. The van der Waals surface area contributed by atoms with Crippen LogP contribution in [0.4, 0.5) is 0 Å². The van der Waals surface area contributed by atoms with Gasteiger partial charge in [-0.15, -0.1) is 0 Å². The summed E-state index contributed by atoms with van der Waals surface area (Å²) in [4.78, 5) is 4.47. The van der Waals surface area contributed by atoms with Gasteiger partial charge in [-0.25, -0.2) is 4.98 Å². The van der Waals surface area contributed by atoms with Crippen LogP contribution in [-0.2, 0) is 12.5 Å². The molecule has 2 heteroatoms. The van der Waals surface area contributed by atoms with Crippen molar-refractivity contribution in [3.05, 3.63) is 17.7 Å². The van der Waals surface area contributed by atoms with Crippen molar-refractivity contribution in [1.82, 2.24) is 9.55 Å². The largest absolute Gasteiger partial charge is 0.337 e. The zero-order valence-corrected chi connectivity index (χ0v) is 9.55. The molecule has 0 aliphatic rings.